The van der Waals surface area contributed by atoms with Crippen LogP contribution in [-0.4, -0.2) is 90.3 Å². The van der Waals surface area contributed by atoms with Gasteiger partial charge in [0.15, 0.2) is 10.8 Å². The lowest BCUT2D eigenvalue weighted by atomic mass is 9.94. The number of ether oxygens (including phenoxy) is 3. The molecule has 1 N–H and O–H groups in total. The second kappa shape index (κ2) is 11.4. The number of morpholine rings is 1. The Hall–Kier alpha value is -3.06. The van der Waals surface area contributed by atoms with E-state index in [4.69, 9.17) is 30.8 Å². The van der Waals surface area contributed by atoms with Crippen LogP contribution in [0.2, 0.25) is 5.02 Å². The van der Waals surface area contributed by atoms with Crippen LogP contribution in [0, 0.1) is 5.82 Å². The van der Waals surface area contributed by atoms with Gasteiger partial charge in [0.25, 0.3) is 0 Å². The van der Waals surface area contributed by atoms with Gasteiger partial charge in [-0.2, -0.15) is 0 Å². The number of aliphatic imine (C=N–C) groups is 1. The second-order valence-electron chi connectivity index (χ2n) is 10.8. The number of nitrogens with one attached hydrogen (secondary N) is 1. The molecule has 1 aromatic carbocycles. The highest BCUT2D eigenvalue weighted by atomic mass is 35.5. The number of hydrogen-bond acceptors (Lipinski definition) is 10. The van der Waals surface area contributed by atoms with Crippen molar-refractivity contribution >= 4 is 40.8 Å². The number of aromatic nitrogens is 1. The van der Waals surface area contributed by atoms with E-state index >= 15 is 0 Å². The number of amidine groups is 1. The molecule has 3 aliphatic rings. The van der Waals surface area contributed by atoms with E-state index in [0.717, 1.165) is 0 Å². The van der Waals surface area contributed by atoms with Crippen LogP contribution in [0.3, 0.4) is 0 Å². The van der Waals surface area contributed by atoms with Crippen molar-refractivity contribution in [2.24, 2.45) is 4.99 Å². The summed E-state index contributed by atoms with van der Waals surface area (Å²) >= 11 is 7.86. The standard InChI is InChI=1S/C27H31ClFN5O5S/c1-27(2,3)39-26(36)33-10-16-13-38-14-17(11-33)34(16)12-20-21(25(35)37-4)22(18-6-5-15(29)9-19(18)28)32-23(31-20)24-30-7-8-40-24/h5-9,16-17,22H,10-14H2,1-4H3,(H,31,32). The summed E-state index contributed by atoms with van der Waals surface area (Å²) in [5.41, 5.74) is 0.702. The molecular weight excluding hydrogens is 561 g/mol. The first kappa shape index (κ1) is 28.5. The molecule has 3 aliphatic heterocycles. The molecule has 4 heterocycles. The van der Waals surface area contributed by atoms with Crippen molar-refractivity contribution < 1.29 is 28.2 Å². The summed E-state index contributed by atoms with van der Waals surface area (Å²) < 4.78 is 30.6. The average Bonchev–Trinajstić information content (AvgIpc) is 3.42. The van der Waals surface area contributed by atoms with Gasteiger partial charge in [0.05, 0.1) is 38.0 Å². The number of benzene rings is 1. The Bertz CT molecular complexity index is 1330. The lowest BCUT2D eigenvalue weighted by molar-refractivity contribution is -0.136. The van der Waals surface area contributed by atoms with Crippen molar-refractivity contribution in [1.82, 2.24) is 20.1 Å². The van der Waals surface area contributed by atoms with Crippen LogP contribution in [0.1, 0.15) is 37.4 Å². The van der Waals surface area contributed by atoms with E-state index in [9.17, 15) is 14.0 Å². The second-order valence-corrected chi connectivity index (χ2v) is 12.1. The van der Waals surface area contributed by atoms with Gasteiger partial charge >= 0.3 is 12.1 Å². The minimum Gasteiger partial charge on any atom is -0.466 e. The first-order valence-electron chi connectivity index (χ1n) is 12.9. The van der Waals surface area contributed by atoms with Gasteiger partial charge in [-0.1, -0.05) is 17.7 Å². The Balaban J connectivity index is 1.51. The van der Waals surface area contributed by atoms with Gasteiger partial charge in [-0.15, -0.1) is 11.3 Å². The van der Waals surface area contributed by atoms with Crippen LogP contribution in [0.25, 0.3) is 0 Å². The molecule has 2 fully saturated rings. The van der Waals surface area contributed by atoms with E-state index in [1.54, 1.807) is 11.1 Å². The summed E-state index contributed by atoms with van der Waals surface area (Å²) in [4.78, 5) is 39.2. The van der Waals surface area contributed by atoms with E-state index in [1.165, 1.54) is 36.6 Å². The molecule has 1 amide bonds. The Morgan fingerprint density at radius 1 is 1.25 bits per heavy atom. The van der Waals surface area contributed by atoms with Crippen LogP contribution in [0.15, 0.2) is 46.0 Å². The fraction of sp³-hybridized carbons (Fsp3) is 0.481. The summed E-state index contributed by atoms with van der Waals surface area (Å²) in [6.45, 7) is 7.49. The minimum atomic E-state index is -0.852. The third-order valence-corrected chi connectivity index (χ3v) is 7.94. The zero-order valence-corrected chi connectivity index (χ0v) is 24.2. The van der Waals surface area contributed by atoms with Crippen molar-refractivity contribution in [2.45, 2.75) is 44.5 Å². The quantitative estimate of drug-likeness (QED) is 0.524. The highest BCUT2D eigenvalue weighted by molar-refractivity contribution is 7.11. The first-order valence-corrected chi connectivity index (χ1v) is 14.1. The number of fused-ring (bicyclic) bond motifs is 2. The molecule has 1 aromatic heterocycles. The highest BCUT2D eigenvalue weighted by Crippen LogP contribution is 2.37. The van der Waals surface area contributed by atoms with Crippen LogP contribution >= 0.6 is 22.9 Å². The number of hydrogen-bond donors (Lipinski definition) is 1. The zero-order chi connectivity index (χ0) is 28.6. The Labute approximate surface area is 240 Å². The molecule has 40 heavy (non-hydrogen) atoms. The van der Waals surface area contributed by atoms with Crippen molar-refractivity contribution in [1.29, 1.82) is 0 Å². The summed E-state index contributed by atoms with van der Waals surface area (Å²) in [5, 5.41) is 5.93. The fourth-order valence-corrected chi connectivity index (χ4v) is 5.97. The van der Waals surface area contributed by atoms with Crippen LogP contribution in [0.5, 0.6) is 0 Å². The maximum atomic E-state index is 13.9. The Kier molecular flexibility index (Phi) is 8.14. The minimum absolute atomic E-state index is 0.136. The zero-order valence-electron chi connectivity index (χ0n) is 22.6. The van der Waals surface area contributed by atoms with Gasteiger partial charge in [-0.25, -0.2) is 19.0 Å². The molecule has 214 valence electrons. The molecular formula is C27H31ClFN5O5S. The molecule has 0 spiro atoms. The van der Waals surface area contributed by atoms with Crippen LogP contribution in [0.4, 0.5) is 9.18 Å². The molecule has 0 saturated carbocycles. The molecule has 10 nitrogen and oxygen atoms in total. The first-order chi connectivity index (χ1) is 19.0. The van der Waals surface area contributed by atoms with Gasteiger partial charge in [-0.05, 0) is 32.9 Å². The molecule has 2 aromatic rings. The molecule has 0 aliphatic carbocycles. The SMILES string of the molecule is COC(=O)C1=C(CN2C3COCC2CN(C(=O)OC(C)(C)C)C3)NC(c2nccs2)=NC1c1ccc(F)cc1Cl. The van der Waals surface area contributed by atoms with E-state index in [2.05, 4.69) is 15.2 Å². The van der Waals surface area contributed by atoms with E-state index in [-0.39, 0.29) is 28.8 Å². The number of piperazine rings is 1. The molecule has 3 unspecified atom stereocenters. The maximum absolute atomic E-state index is 13.9. The number of rotatable bonds is 5. The molecule has 3 atom stereocenters. The van der Waals surface area contributed by atoms with E-state index < -0.39 is 23.4 Å². The monoisotopic (exact) mass is 591 g/mol. The maximum Gasteiger partial charge on any atom is 0.410 e. The average molecular weight is 592 g/mol. The van der Waals surface area contributed by atoms with E-state index in [1.807, 2.05) is 26.2 Å². The van der Waals surface area contributed by atoms with Crippen LogP contribution in [-0.2, 0) is 19.0 Å². The van der Waals surface area contributed by atoms with Gasteiger partial charge in [0, 0.05) is 47.5 Å². The molecule has 0 radical (unpaired) electrons. The highest BCUT2D eigenvalue weighted by Gasteiger charge is 2.43. The topological polar surface area (TPSA) is 106 Å². The number of halogens is 2. The number of methoxy groups -OCH3 is 1. The summed E-state index contributed by atoms with van der Waals surface area (Å²) in [6.07, 6.45) is 1.31. The van der Waals surface area contributed by atoms with Crippen molar-refractivity contribution in [3.8, 4) is 0 Å². The van der Waals surface area contributed by atoms with E-state index in [0.29, 0.717) is 55.0 Å². The summed E-state index contributed by atoms with van der Waals surface area (Å²) in [6, 6.07) is 2.89. The molecule has 5 rings (SSSR count). The molecule has 2 saturated heterocycles. The number of carbonyl (C=O) groups is 2. The number of thiazole rings is 1. The summed E-state index contributed by atoms with van der Waals surface area (Å²) in [7, 11) is 1.30. The predicted octanol–water partition coefficient (Wildman–Crippen LogP) is 3.77. The smallest absolute Gasteiger partial charge is 0.410 e. The number of nitrogens with zero attached hydrogens (tertiary/aromatic N) is 4. The largest absolute Gasteiger partial charge is 0.466 e. The van der Waals surface area contributed by atoms with Gasteiger partial charge in [0.1, 0.15) is 17.5 Å². The number of amides is 1. The number of carbonyl (C=O) groups excluding carboxylic acids is 2. The van der Waals surface area contributed by atoms with Crippen LogP contribution < -0.4 is 5.32 Å². The van der Waals surface area contributed by atoms with Gasteiger partial charge < -0.3 is 24.4 Å². The van der Waals surface area contributed by atoms with Crippen molar-refractivity contribution in [2.75, 3.05) is 40.0 Å². The fourth-order valence-electron chi connectivity index (χ4n) is 5.11. The van der Waals surface area contributed by atoms with Gasteiger partial charge in [-0.3, -0.25) is 9.89 Å². The van der Waals surface area contributed by atoms with Crippen molar-refractivity contribution in [3.05, 3.63) is 62.5 Å². The Morgan fingerprint density at radius 2 is 1.98 bits per heavy atom. The third-order valence-electron chi connectivity index (χ3n) is 6.84. The predicted molar refractivity (Wildman–Crippen MR) is 148 cm³/mol. The molecule has 2 bridgehead atoms. The lowest BCUT2D eigenvalue weighted by Gasteiger charge is -2.50. The Morgan fingerprint density at radius 3 is 2.58 bits per heavy atom. The third kappa shape index (κ3) is 5.99. The van der Waals surface area contributed by atoms with Crippen molar-refractivity contribution in [3.63, 3.8) is 0 Å². The van der Waals surface area contributed by atoms with Gasteiger partial charge in [0.2, 0.25) is 0 Å². The number of esters is 1. The molecule has 13 heteroatoms. The normalized spacial score (nSPS) is 23.4. The summed E-state index contributed by atoms with van der Waals surface area (Å²) in [5.74, 6) is -0.605. The lowest BCUT2D eigenvalue weighted by Crippen LogP contribution is -2.66.